The lowest BCUT2D eigenvalue weighted by molar-refractivity contribution is 1.45. The van der Waals surface area contributed by atoms with Gasteiger partial charge in [-0.2, -0.15) is 0 Å². The van der Waals surface area contributed by atoms with E-state index in [1.54, 1.807) is 48.5 Å². The second-order valence-corrected chi connectivity index (χ2v) is 3.15. The van der Waals surface area contributed by atoms with Gasteiger partial charge in [0.15, 0.2) is 0 Å². The van der Waals surface area contributed by atoms with E-state index in [9.17, 15) is 0 Å². The van der Waals surface area contributed by atoms with Crippen molar-refractivity contribution < 1.29 is 8.22 Å². The van der Waals surface area contributed by atoms with E-state index in [-0.39, 0.29) is 0 Å². The van der Waals surface area contributed by atoms with Crippen molar-refractivity contribution in [3.8, 4) is 11.1 Å². The lowest BCUT2D eigenvalue weighted by Gasteiger charge is -2.02. The summed E-state index contributed by atoms with van der Waals surface area (Å²) in [6, 6.07) is 13.2. The Morgan fingerprint density at radius 3 is 1.29 bits per heavy atom. The van der Waals surface area contributed by atoms with Gasteiger partial charge in [-0.25, -0.2) is 0 Å². The van der Waals surface area contributed by atoms with E-state index in [4.69, 9.17) is 8.22 Å². The molecule has 0 radical (unpaired) electrons. The van der Waals surface area contributed by atoms with Crippen LogP contribution in [0.15, 0.2) is 48.5 Å². The summed E-state index contributed by atoms with van der Waals surface area (Å²) in [5, 5.41) is 0. The zero-order valence-corrected chi connectivity index (χ0v) is 7.62. The Morgan fingerprint density at radius 2 is 1.00 bits per heavy atom. The molecule has 0 aliphatic heterocycles. The predicted octanol–water partition coefficient (Wildman–Crippen LogP) is 3.97. The highest BCUT2D eigenvalue weighted by molar-refractivity contribution is 5.63. The first-order chi connectivity index (χ1) is 9.18. The largest absolute Gasteiger partial charge is 0.0587 e. The zero-order chi connectivity index (χ0) is 15.0. The van der Waals surface area contributed by atoms with Crippen LogP contribution in [0.25, 0.3) is 11.1 Å². The van der Waals surface area contributed by atoms with Crippen LogP contribution < -0.4 is 0 Å². The molecule has 2 rings (SSSR count). The minimum atomic E-state index is -2.11. The van der Waals surface area contributed by atoms with Crippen LogP contribution in [0.4, 0.5) is 0 Å². The molecule has 0 fully saturated rings. The van der Waals surface area contributed by atoms with E-state index >= 15 is 0 Å². The van der Waals surface area contributed by atoms with E-state index in [1.807, 2.05) is 0 Å². The third-order valence-electron chi connectivity index (χ3n) is 2.10. The molecule has 0 heteroatoms. The highest BCUT2D eigenvalue weighted by Gasteiger charge is 1.95. The molecule has 0 nitrogen and oxygen atoms in total. The summed E-state index contributed by atoms with van der Waals surface area (Å²) in [4.78, 5) is 0. The first-order valence-electron chi connectivity index (χ1n) is 7.39. The smallest absolute Gasteiger partial charge is 0.0280 e. The molecule has 0 saturated carbocycles. The van der Waals surface area contributed by atoms with Crippen LogP contribution in [0, 0.1) is 13.7 Å². The molecule has 0 N–H and O–H groups in total. The molecule has 0 aliphatic carbocycles. The Labute approximate surface area is 93.6 Å². The Bertz CT molecular complexity index is 520. The first kappa shape index (κ1) is 4.31. The van der Waals surface area contributed by atoms with E-state index in [0.717, 1.165) is 11.1 Å². The number of aryl methyl sites for hydroxylation is 2. The lowest BCUT2D eigenvalue weighted by Crippen LogP contribution is -1.78. The van der Waals surface area contributed by atoms with Gasteiger partial charge in [0.1, 0.15) is 0 Å². The Balaban J connectivity index is 2.29. The third kappa shape index (κ3) is 1.85. The van der Waals surface area contributed by atoms with E-state index in [1.165, 1.54) is 0 Å². The molecule has 0 aliphatic rings. The van der Waals surface area contributed by atoms with Crippen LogP contribution in [-0.2, 0) is 0 Å². The maximum atomic E-state index is 7.32. The summed E-state index contributed by atoms with van der Waals surface area (Å²) in [7, 11) is 0. The minimum Gasteiger partial charge on any atom is -0.0587 e. The average molecular weight is 188 g/mol. The van der Waals surface area contributed by atoms with Crippen LogP contribution in [0.5, 0.6) is 0 Å². The summed E-state index contributed by atoms with van der Waals surface area (Å²) in [6.45, 7) is -4.21. The number of hydrogen-bond donors (Lipinski definition) is 0. The standard InChI is InChI=1S/C14H14/c1-11-3-7-13(8-4-11)14-9-5-12(2)6-10-14/h3-10H,1-2H3/i1D3,2D3. The second-order valence-electron chi connectivity index (χ2n) is 3.15. The molecule has 2 aromatic rings. The summed E-state index contributed by atoms with van der Waals surface area (Å²) in [5.74, 6) is 0. The molecular formula is C14H14. The third-order valence-corrected chi connectivity index (χ3v) is 2.10. The molecule has 2 aromatic carbocycles. The van der Waals surface area contributed by atoms with Crippen molar-refractivity contribution in [2.45, 2.75) is 13.7 Å². The van der Waals surface area contributed by atoms with Crippen LogP contribution >= 0.6 is 0 Å². The molecule has 14 heavy (non-hydrogen) atoms. The number of rotatable bonds is 1. The Morgan fingerprint density at radius 1 is 0.643 bits per heavy atom. The molecule has 0 bridgehead atoms. The maximum Gasteiger partial charge on any atom is 0.0280 e. The second kappa shape index (κ2) is 3.67. The van der Waals surface area contributed by atoms with Gasteiger partial charge in [0.2, 0.25) is 0 Å². The van der Waals surface area contributed by atoms with Crippen molar-refractivity contribution in [2.24, 2.45) is 0 Å². The van der Waals surface area contributed by atoms with Gasteiger partial charge in [-0.15, -0.1) is 0 Å². The normalized spacial score (nSPS) is 18.3. The van der Waals surface area contributed by atoms with Crippen LogP contribution in [0.2, 0.25) is 0 Å². The Hall–Kier alpha value is -1.56. The van der Waals surface area contributed by atoms with Crippen molar-refractivity contribution in [3.63, 3.8) is 0 Å². The number of hydrogen-bond acceptors (Lipinski definition) is 0. The van der Waals surface area contributed by atoms with E-state index in [2.05, 4.69) is 0 Å². The van der Waals surface area contributed by atoms with Crippen LogP contribution in [0.3, 0.4) is 0 Å². The highest BCUT2D eigenvalue weighted by Crippen LogP contribution is 2.19. The van der Waals surface area contributed by atoms with Gasteiger partial charge < -0.3 is 0 Å². The quantitative estimate of drug-likeness (QED) is 0.635. The van der Waals surface area contributed by atoms with Gasteiger partial charge in [-0.1, -0.05) is 59.7 Å². The van der Waals surface area contributed by atoms with Gasteiger partial charge in [-0.3, -0.25) is 0 Å². The predicted molar refractivity (Wildman–Crippen MR) is 61.4 cm³/mol. The lowest BCUT2D eigenvalue weighted by atomic mass is 10.0. The summed E-state index contributed by atoms with van der Waals surface area (Å²) >= 11 is 0. The SMILES string of the molecule is [2H]C([2H])([2H])c1ccc(-c2ccc(C([2H])([2H])[2H])cc2)cc1. The monoisotopic (exact) mass is 188 g/mol. The zero-order valence-electron chi connectivity index (χ0n) is 13.6. The molecule has 0 heterocycles. The molecule has 0 aromatic heterocycles. The maximum absolute atomic E-state index is 7.32. The fourth-order valence-corrected chi connectivity index (χ4v) is 1.33. The minimum absolute atomic E-state index is 0.292. The van der Waals surface area contributed by atoms with Gasteiger partial charge in [-0.05, 0) is 24.8 Å². The summed E-state index contributed by atoms with van der Waals surface area (Å²) in [5.41, 5.74) is 2.30. The van der Waals surface area contributed by atoms with E-state index in [0.29, 0.717) is 11.1 Å². The van der Waals surface area contributed by atoms with Crippen molar-refractivity contribution in [1.82, 2.24) is 0 Å². The fourth-order valence-electron chi connectivity index (χ4n) is 1.33. The summed E-state index contributed by atoms with van der Waals surface area (Å²) < 4.78 is 43.9. The fraction of sp³-hybridized carbons (Fsp3) is 0.143. The van der Waals surface area contributed by atoms with Crippen molar-refractivity contribution in [1.29, 1.82) is 0 Å². The van der Waals surface area contributed by atoms with E-state index < -0.39 is 13.7 Å². The van der Waals surface area contributed by atoms with Crippen LogP contribution in [0.1, 0.15) is 19.4 Å². The van der Waals surface area contributed by atoms with Gasteiger partial charge >= 0.3 is 0 Å². The Kier molecular flexibility index (Phi) is 1.13. The molecule has 0 amide bonds. The highest BCUT2D eigenvalue weighted by atomic mass is 14.0. The van der Waals surface area contributed by atoms with Crippen molar-refractivity contribution >= 4 is 0 Å². The van der Waals surface area contributed by atoms with Gasteiger partial charge in [0, 0.05) is 8.22 Å². The molecule has 0 saturated heterocycles. The summed E-state index contributed by atoms with van der Waals surface area (Å²) in [6.07, 6.45) is 0. The first-order valence-corrected chi connectivity index (χ1v) is 4.39. The average Bonchev–Trinajstić information content (AvgIpc) is 2.37. The van der Waals surface area contributed by atoms with Gasteiger partial charge in [0.05, 0.1) is 0 Å². The number of benzene rings is 2. The molecule has 0 atom stereocenters. The molecule has 70 valence electrons. The van der Waals surface area contributed by atoms with Gasteiger partial charge in [0.25, 0.3) is 0 Å². The molecule has 0 unspecified atom stereocenters. The molecule has 0 spiro atoms. The van der Waals surface area contributed by atoms with Crippen molar-refractivity contribution in [2.75, 3.05) is 0 Å². The van der Waals surface area contributed by atoms with Crippen LogP contribution in [-0.4, -0.2) is 0 Å². The molecular weight excluding hydrogens is 168 g/mol. The topological polar surface area (TPSA) is 0 Å². The van der Waals surface area contributed by atoms with Crippen molar-refractivity contribution in [3.05, 3.63) is 59.7 Å².